The van der Waals surface area contributed by atoms with Gasteiger partial charge in [-0.05, 0) is 83.5 Å². The van der Waals surface area contributed by atoms with E-state index in [9.17, 15) is 19.8 Å². The van der Waals surface area contributed by atoms with E-state index in [1.165, 1.54) is 250 Å². The molecule has 6 nitrogen and oxygen atoms in total. The molecule has 0 aliphatic rings. The first-order valence-corrected chi connectivity index (χ1v) is 31.4. The van der Waals surface area contributed by atoms with E-state index in [2.05, 4.69) is 55.6 Å². The maximum atomic E-state index is 12.5. The summed E-state index contributed by atoms with van der Waals surface area (Å²) in [6.45, 7) is 4.86. The van der Waals surface area contributed by atoms with Gasteiger partial charge in [0, 0.05) is 12.8 Å². The Morgan fingerprint density at radius 2 is 0.718 bits per heavy atom. The molecule has 6 heteroatoms. The van der Waals surface area contributed by atoms with E-state index < -0.39 is 12.1 Å². The van der Waals surface area contributed by atoms with E-state index in [4.69, 9.17) is 4.74 Å². The molecule has 71 heavy (non-hydrogen) atoms. The molecule has 0 rings (SSSR count). The van der Waals surface area contributed by atoms with Gasteiger partial charge in [0.2, 0.25) is 5.91 Å². The Kier molecular flexibility index (Phi) is 58.5. The molecule has 0 bridgehead atoms. The fourth-order valence-corrected chi connectivity index (χ4v) is 9.47. The fourth-order valence-electron chi connectivity index (χ4n) is 9.47. The molecule has 416 valence electrons. The van der Waals surface area contributed by atoms with Gasteiger partial charge >= 0.3 is 5.97 Å². The Morgan fingerprint density at radius 3 is 1.13 bits per heavy atom. The van der Waals surface area contributed by atoms with Crippen molar-refractivity contribution in [1.29, 1.82) is 0 Å². The number of rotatable bonds is 58. The maximum absolute atomic E-state index is 12.5. The summed E-state index contributed by atoms with van der Waals surface area (Å²) in [5.74, 6) is -0.0707. The van der Waals surface area contributed by atoms with Crippen LogP contribution in [0.2, 0.25) is 0 Å². The molecule has 0 aromatic rings. The van der Waals surface area contributed by atoms with Crippen molar-refractivity contribution in [3.05, 3.63) is 48.6 Å². The first-order chi connectivity index (χ1) is 35.0. The Bertz CT molecular complexity index is 1190. The molecule has 2 unspecified atom stereocenters. The smallest absolute Gasteiger partial charge is 0.305 e. The summed E-state index contributed by atoms with van der Waals surface area (Å²) >= 11 is 0. The molecule has 0 saturated carbocycles. The van der Waals surface area contributed by atoms with Crippen molar-refractivity contribution < 1.29 is 24.5 Å². The van der Waals surface area contributed by atoms with Crippen molar-refractivity contribution in [2.45, 2.75) is 341 Å². The molecule has 0 saturated heterocycles. The highest BCUT2D eigenvalue weighted by molar-refractivity contribution is 5.76. The third-order valence-corrected chi connectivity index (χ3v) is 14.3. The van der Waals surface area contributed by atoms with Crippen molar-refractivity contribution in [1.82, 2.24) is 5.32 Å². The van der Waals surface area contributed by atoms with Gasteiger partial charge in [0.05, 0.1) is 25.4 Å². The third-order valence-electron chi connectivity index (χ3n) is 14.3. The van der Waals surface area contributed by atoms with Crippen molar-refractivity contribution in [2.24, 2.45) is 0 Å². The maximum Gasteiger partial charge on any atom is 0.305 e. The van der Waals surface area contributed by atoms with Crippen molar-refractivity contribution in [3.63, 3.8) is 0 Å². The summed E-state index contributed by atoms with van der Waals surface area (Å²) in [5, 5.41) is 23.1. The van der Waals surface area contributed by atoms with Crippen molar-refractivity contribution >= 4 is 11.9 Å². The lowest BCUT2D eigenvalue weighted by Gasteiger charge is -2.20. The van der Waals surface area contributed by atoms with Gasteiger partial charge in [-0.2, -0.15) is 0 Å². The molecule has 0 aromatic heterocycles. The molecule has 0 fully saturated rings. The Labute approximate surface area is 442 Å². The molecular formula is C65H121NO5. The number of carbonyl (C=O) groups is 2. The number of ether oxygens (including phenoxy) is 1. The highest BCUT2D eigenvalue weighted by Gasteiger charge is 2.18. The normalized spacial score (nSPS) is 12.9. The second-order valence-electron chi connectivity index (χ2n) is 21.4. The second kappa shape index (κ2) is 60.4. The summed E-state index contributed by atoms with van der Waals surface area (Å²) in [4.78, 5) is 24.5. The largest absolute Gasteiger partial charge is 0.466 e. The number of nitrogens with one attached hydrogen (secondary N) is 1. The summed E-state index contributed by atoms with van der Waals surface area (Å²) in [5.41, 5.74) is 0. The Morgan fingerprint density at radius 1 is 0.394 bits per heavy atom. The first-order valence-electron chi connectivity index (χ1n) is 31.4. The van der Waals surface area contributed by atoms with Gasteiger partial charge in [-0.3, -0.25) is 9.59 Å². The zero-order valence-electron chi connectivity index (χ0n) is 47.5. The highest BCUT2D eigenvalue weighted by Crippen LogP contribution is 2.17. The summed E-state index contributed by atoms with van der Waals surface area (Å²) in [6.07, 6.45) is 77.3. The number of aliphatic hydroxyl groups excluding tert-OH is 2. The van der Waals surface area contributed by atoms with Gasteiger partial charge < -0.3 is 20.3 Å². The zero-order chi connectivity index (χ0) is 51.4. The van der Waals surface area contributed by atoms with Gasteiger partial charge in [0.25, 0.3) is 0 Å². The van der Waals surface area contributed by atoms with Crippen LogP contribution in [0.4, 0.5) is 0 Å². The second-order valence-corrected chi connectivity index (χ2v) is 21.4. The number of carbonyl (C=O) groups excluding carboxylic acids is 2. The van der Waals surface area contributed by atoms with Gasteiger partial charge in [0.1, 0.15) is 0 Å². The van der Waals surface area contributed by atoms with Crippen LogP contribution in [-0.4, -0.2) is 47.4 Å². The number of amides is 1. The first kappa shape index (κ1) is 68.8. The van der Waals surface area contributed by atoms with Crippen LogP contribution in [-0.2, 0) is 14.3 Å². The van der Waals surface area contributed by atoms with Crippen LogP contribution in [0.5, 0.6) is 0 Å². The Hall–Kier alpha value is -2.18. The zero-order valence-corrected chi connectivity index (χ0v) is 47.5. The Balaban J connectivity index is 3.41. The topological polar surface area (TPSA) is 95.9 Å². The van der Waals surface area contributed by atoms with Crippen LogP contribution in [0.15, 0.2) is 48.6 Å². The predicted octanol–water partition coefficient (Wildman–Crippen LogP) is 19.7. The van der Waals surface area contributed by atoms with E-state index in [0.29, 0.717) is 19.4 Å². The van der Waals surface area contributed by atoms with Crippen molar-refractivity contribution in [2.75, 3.05) is 13.2 Å². The van der Waals surface area contributed by atoms with E-state index in [1.807, 2.05) is 6.08 Å². The molecular weight excluding hydrogens is 875 g/mol. The van der Waals surface area contributed by atoms with Crippen LogP contribution >= 0.6 is 0 Å². The minimum absolute atomic E-state index is 0.00110. The van der Waals surface area contributed by atoms with E-state index in [1.54, 1.807) is 6.08 Å². The molecule has 0 aliphatic carbocycles. The average molecular weight is 997 g/mol. The molecule has 2 atom stereocenters. The fraction of sp³-hybridized carbons (Fsp3) is 0.846. The SMILES string of the molecule is CCCC/C=C\C/C=C\CCCCCCCC(=O)OCCCCCCCCCCCCCC/C=C\CCCCCCCCCCCCC(=O)NC(CO)C(O)/C=C/CCCCCCCCCCCCCC. The minimum Gasteiger partial charge on any atom is -0.466 e. The number of esters is 1. The van der Waals surface area contributed by atoms with Crippen LogP contribution in [0.1, 0.15) is 328 Å². The summed E-state index contributed by atoms with van der Waals surface area (Å²) in [6, 6.07) is -0.629. The van der Waals surface area contributed by atoms with E-state index in [-0.39, 0.29) is 18.5 Å². The highest BCUT2D eigenvalue weighted by atomic mass is 16.5. The lowest BCUT2D eigenvalue weighted by Crippen LogP contribution is -2.45. The lowest BCUT2D eigenvalue weighted by atomic mass is 10.0. The number of hydrogen-bond acceptors (Lipinski definition) is 5. The molecule has 0 heterocycles. The monoisotopic (exact) mass is 996 g/mol. The van der Waals surface area contributed by atoms with Crippen LogP contribution in [0, 0.1) is 0 Å². The molecule has 0 aliphatic heterocycles. The quantitative estimate of drug-likeness (QED) is 0.0321. The number of allylic oxidation sites excluding steroid dienone is 7. The van der Waals surface area contributed by atoms with Gasteiger partial charge in [-0.25, -0.2) is 0 Å². The lowest BCUT2D eigenvalue weighted by molar-refractivity contribution is -0.143. The number of hydrogen-bond donors (Lipinski definition) is 3. The van der Waals surface area contributed by atoms with Gasteiger partial charge in [-0.1, -0.05) is 281 Å². The molecule has 0 spiro atoms. The van der Waals surface area contributed by atoms with Gasteiger partial charge in [0.15, 0.2) is 0 Å². The predicted molar refractivity (Wildman–Crippen MR) is 310 cm³/mol. The van der Waals surface area contributed by atoms with Crippen LogP contribution < -0.4 is 5.32 Å². The molecule has 0 radical (unpaired) electrons. The van der Waals surface area contributed by atoms with E-state index in [0.717, 1.165) is 51.4 Å². The number of aliphatic hydroxyl groups is 2. The molecule has 0 aromatic carbocycles. The van der Waals surface area contributed by atoms with Gasteiger partial charge in [-0.15, -0.1) is 0 Å². The van der Waals surface area contributed by atoms with Crippen LogP contribution in [0.3, 0.4) is 0 Å². The van der Waals surface area contributed by atoms with Crippen LogP contribution in [0.25, 0.3) is 0 Å². The third kappa shape index (κ3) is 57.0. The molecule has 3 N–H and O–H groups in total. The summed E-state index contributed by atoms with van der Waals surface area (Å²) < 4.78 is 5.47. The summed E-state index contributed by atoms with van der Waals surface area (Å²) in [7, 11) is 0. The van der Waals surface area contributed by atoms with Crippen molar-refractivity contribution in [3.8, 4) is 0 Å². The average Bonchev–Trinajstić information content (AvgIpc) is 3.37. The van der Waals surface area contributed by atoms with E-state index >= 15 is 0 Å². The standard InChI is InChI=1S/C65H121NO5/c1-3-5-7-9-11-13-15-17-33-37-41-45-49-53-57-63(68)62(61-67)66-64(69)58-54-50-46-42-38-34-31-29-27-25-23-21-19-20-22-24-26-28-30-32-36-40-44-48-52-56-60-71-65(70)59-55-51-47-43-39-35-18-16-14-12-10-8-6-4-2/h10,12,16,18-19,21,53,57,62-63,67-68H,3-9,11,13-15,17,20,22-52,54-56,58-61H2,1-2H3,(H,66,69)/b12-10-,18-16-,21-19-,57-53+. The number of unbranched alkanes of at least 4 members (excludes halogenated alkanes) is 41. The minimum atomic E-state index is -0.846. The molecule has 1 amide bonds.